The first-order valence-electron chi connectivity index (χ1n) is 3.52. The third-order valence-corrected chi connectivity index (χ3v) is 1.25. The molecular weight excluding hydrogens is 144 g/mol. The van der Waals surface area contributed by atoms with Crippen molar-refractivity contribution in [3.05, 3.63) is 12.2 Å². The van der Waals surface area contributed by atoms with Gasteiger partial charge in [0, 0.05) is 0 Å². The molecule has 1 N–H and O–H groups in total. The quantitative estimate of drug-likeness (QED) is 0.486. The summed E-state index contributed by atoms with van der Waals surface area (Å²) in [6.45, 7) is 3.34. The Morgan fingerprint density at radius 1 is 1.45 bits per heavy atom. The molecule has 3 nitrogen and oxygen atoms in total. The normalized spacial score (nSPS) is 16.4. The molecule has 0 amide bonds. The van der Waals surface area contributed by atoms with Crippen molar-refractivity contribution in [3.63, 3.8) is 0 Å². The Hall–Kier alpha value is -0.830. The number of methoxy groups -OCH3 is 1. The van der Waals surface area contributed by atoms with Crippen molar-refractivity contribution in [3.8, 4) is 0 Å². The smallest absolute Gasteiger partial charge is 0.312 e. The minimum absolute atomic E-state index is 0.283. The van der Waals surface area contributed by atoms with E-state index >= 15 is 0 Å². The maximum atomic E-state index is 10.8. The first kappa shape index (κ1) is 10.2. The molecule has 0 fully saturated rings. The molecule has 3 heteroatoms. The van der Waals surface area contributed by atoms with E-state index in [-0.39, 0.29) is 11.9 Å². The second kappa shape index (κ2) is 4.91. The van der Waals surface area contributed by atoms with Gasteiger partial charge in [-0.25, -0.2) is 0 Å². The zero-order chi connectivity index (χ0) is 8.85. The number of aliphatic hydroxyl groups is 1. The highest BCUT2D eigenvalue weighted by atomic mass is 16.5. The van der Waals surface area contributed by atoms with E-state index in [0.717, 1.165) is 0 Å². The van der Waals surface area contributed by atoms with E-state index in [1.807, 2.05) is 0 Å². The minimum atomic E-state index is -0.512. The van der Waals surface area contributed by atoms with Gasteiger partial charge in [0.25, 0.3) is 0 Å². The Morgan fingerprint density at radius 2 is 2.00 bits per heavy atom. The van der Waals surface area contributed by atoms with Gasteiger partial charge in [-0.3, -0.25) is 4.79 Å². The van der Waals surface area contributed by atoms with Gasteiger partial charge in [0.05, 0.1) is 19.1 Å². The van der Waals surface area contributed by atoms with E-state index in [0.29, 0.717) is 0 Å². The summed E-state index contributed by atoms with van der Waals surface area (Å²) in [6, 6.07) is 0. The van der Waals surface area contributed by atoms with Crippen LogP contribution in [0.1, 0.15) is 13.8 Å². The van der Waals surface area contributed by atoms with E-state index in [2.05, 4.69) is 4.74 Å². The van der Waals surface area contributed by atoms with Crippen LogP contribution in [0.3, 0.4) is 0 Å². The highest BCUT2D eigenvalue weighted by molar-refractivity contribution is 5.73. The molecule has 0 aliphatic heterocycles. The zero-order valence-corrected chi connectivity index (χ0v) is 7.07. The molecular formula is C8H14O3. The van der Waals surface area contributed by atoms with Gasteiger partial charge in [-0.15, -0.1) is 0 Å². The molecule has 0 aliphatic carbocycles. The Bertz CT molecular complexity index is 149. The minimum Gasteiger partial charge on any atom is -0.469 e. The lowest BCUT2D eigenvalue weighted by atomic mass is 10.1. The third-order valence-electron chi connectivity index (χ3n) is 1.25. The van der Waals surface area contributed by atoms with Crippen molar-refractivity contribution in [2.45, 2.75) is 20.0 Å². The van der Waals surface area contributed by atoms with Gasteiger partial charge >= 0.3 is 5.97 Å². The van der Waals surface area contributed by atoms with Crippen LogP contribution >= 0.6 is 0 Å². The molecule has 0 rings (SSSR count). The third kappa shape index (κ3) is 4.56. The van der Waals surface area contributed by atoms with Crippen molar-refractivity contribution in [2.24, 2.45) is 5.92 Å². The maximum absolute atomic E-state index is 10.8. The SMILES string of the molecule is COC(=O)[C@@H](C)/C=C/[C@H](C)O. The summed E-state index contributed by atoms with van der Waals surface area (Å²) in [5.74, 6) is -0.573. The number of carbonyl (C=O) groups is 1. The fourth-order valence-corrected chi connectivity index (χ4v) is 0.592. The number of ether oxygens (including phenoxy) is 1. The lowest BCUT2D eigenvalue weighted by Crippen LogP contribution is -2.10. The Balaban J connectivity index is 3.86. The summed E-state index contributed by atoms with van der Waals surface area (Å²) in [4.78, 5) is 10.8. The summed E-state index contributed by atoms with van der Waals surface area (Å²) in [7, 11) is 1.34. The predicted molar refractivity (Wildman–Crippen MR) is 42.0 cm³/mol. The van der Waals surface area contributed by atoms with Crippen LogP contribution in [-0.4, -0.2) is 24.3 Å². The van der Waals surface area contributed by atoms with Crippen molar-refractivity contribution < 1.29 is 14.6 Å². The fourth-order valence-electron chi connectivity index (χ4n) is 0.592. The van der Waals surface area contributed by atoms with Crippen LogP contribution in [0.2, 0.25) is 0 Å². The second-order valence-corrected chi connectivity index (χ2v) is 2.44. The van der Waals surface area contributed by atoms with Gasteiger partial charge in [0.1, 0.15) is 0 Å². The van der Waals surface area contributed by atoms with E-state index in [9.17, 15) is 4.79 Å². The van der Waals surface area contributed by atoms with Gasteiger partial charge in [0.2, 0.25) is 0 Å². The van der Waals surface area contributed by atoms with Crippen LogP contribution in [0.15, 0.2) is 12.2 Å². The number of aliphatic hydroxyl groups excluding tert-OH is 1. The Labute approximate surface area is 66.7 Å². The number of rotatable bonds is 3. The topological polar surface area (TPSA) is 46.5 Å². The van der Waals surface area contributed by atoms with Crippen LogP contribution in [-0.2, 0) is 9.53 Å². The first-order chi connectivity index (χ1) is 5.07. The standard InChI is InChI=1S/C8H14O3/c1-6(8(10)11-3)4-5-7(2)9/h4-7,9H,1-3H3/b5-4+/t6-,7-/m0/s1. The Morgan fingerprint density at radius 3 is 2.36 bits per heavy atom. The molecule has 0 unspecified atom stereocenters. The molecule has 0 spiro atoms. The molecule has 0 saturated heterocycles. The summed E-state index contributed by atoms with van der Waals surface area (Å²) >= 11 is 0. The van der Waals surface area contributed by atoms with Crippen LogP contribution in [0.25, 0.3) is 0 Å². The molecule has 0 aromatic heterocycles. The molecule has 0 radical (unpaired) electrons. The highest BCUT2D eigenvalue weighted by Crippen LogP contribution is 2.00. The van der Waals surface area contributed by atoms with Crippen molar-refractivity contribution in [1.29, 1.82) is 0 Å². The molecule has 0 heterocycles. The molecule has 0 aliphatic rings. The molecule has 64 valence electrons. The lowest BCUT2D eigenvalue weighted by Gasteiger charge is -2.02. The number of carbonyl (C=O) groups excluding carboxylic acids is 1. The molecule has 2 atom stereocenters. The summed E-state index contributed by atoms with van der Waals surface area (Å²) < 4.78 is 4.47. The van der Waals surface area contributed by atoms with Crippen molar-refractivity contribution in [1.82, 2.24) is 0 Å². The van der Waals surface area contributed by atoms with Crippen LogP contribution in [0, 0.1) is 5.92 Å². The molecule has 0 saturated carbocycles. The fraction of sp³-hybridized carbons (Fsp3) is 0.625. The Kier molecular flexibility index (Phi) is 4.54. The molecule has 0 bridgehead atoms. The average molecular weight is 158 g/mol. The summed E-state index contributed by atoms with van der Waals surface area (Å²) in [6.07, 6.45) is 2.67. The van der Waals surface area contributed by atoms with Gasteiger partial charge in [-0.2, -0.15) is 0 Å². The van der Waals surface area contributed by atoms with Crippen molar-refractivity contribution in [2.75, 3.05) is 7.11 Å². The molecule has 0 aromatic rings. The molecule has 11 heavy (non-hydrogen) atoms. The van der Waals surface area contributed by atoms with Gasteiger partial charge in [-0.1, -0.05) is 12.2 Å². The summed E-state index contributed by atoms with van der Waals surface area (Å²) in [5, 5.41) is 8.82. The second-order valence-electron chi connectivity index (χ2n) is 2.44. The monoisotopic (exact) mass is 158 g/mol. The van der Waals surface area contributed by atoms with Crippen LogP contribution in [0.5, 0.6) is 0 Å². The zero-order valence-electron chi connectivity index (χ0n) is 7.07. The predicted octanol–water partition coefficient (Wildman–Crippen LogP) is 0.732. The van der Waals surface area contributed by atoms with Gasteiger partial charge < -0.3 is 9.84 Å². The van der Waals surface area contributed by atoms with E-state index in [1.54, 1.807) is 26.0 Å². The maximum Gasteiger partial charge on any atom is 0.312 e. The first-order valence-corrected chi connectivity index (χ1v) is 3.52. The summed E-state index contributed by atoms with van der Waals surface area (Å²) in [5.41, 5.74) is 0. The largest absolute Gasteiger partial charge is 0.469 e. The van der Waals surface area contributed by atoms with Gasteiger partial charge in [-0.05, 0) is 13.8 Å². The van der Waals surface area contributed by atoms with Crippen LogP contribution in [0.4, 0.5) is 0 Å². The number of esters is 1. The number of hydrogen-bond acceptors (Lipinski definition) is 3. The lowest BCUT2D eigenvalue weighted by molar-refractivity contribution is -0.143. The van der Waals surface area contributed by atoms with Crippen molar-refractivity contribution >= 4 is 5.97 Å². The van der Waals surface area contributed by atoms with E-state index in [1.165, 1.54) is 7.11 Å². The van der Waals surface area contributed by atoms with E-state index < -0.39 is 6.10 Å². The highest BCUT2D eigenvalue weighted by Gasteiger charge is 2.07. The van der Waals surface area contributed by atoms with E-state index in [4.69, 9.17) is 5.11 Å². The molecule has 0 aromatic carbocycles. The average Bonchev–Trinajstić information content (AvgIpc) is 1.98. The van der Waals surface area contributed by atoms with Crippen LogP contribution < -0.4 is 0 Å². The van der Waals surface area contributed by atoms with Gasteiger partial charge in [0.15, 0.2) is 0 Å². The number of hydrogen-bond donors (Lipinski definition) is 1.